The van der Waals surface area contributed by atoms with Gasteiger partial charge in [0.1, 0.15) is 0 Å². The van der Waals surface area contributed by atoms with Gasteiger partial charge in [0.05, 0.1) is 0 Å². The molecule has 0 bridgehead atoms. The van der Waals surface area contributed by atoms with Crippen LogP contribution in [0.2, 0.25) is 0 Å². The fourth-order valence-electron chi connectivity index (χ4n) is 1.83. The summed E-state index contributed by atoms with van der Waals surface area (Å²) in [4.78, 5) is 2.26. The number of hydrogen-bond acceptors (Lipinski definition) is 2. The molecule has 0 aliphatic heterocycles. The van der Waals surface area contributed by atoms with Crippen LogP contribution in [0.25, 0.3) is 0 Å². The van der Waals surface area contributed by atoms with Crippen LogP contribution in [0.1, 0.15) is 58.3 Å². The van der Waals surface area contributed by atoms with E-state index < -0.39 is 0 Å². The van der Waals surface area contributed by atoms with E-state index in [4.69, 9.17) is 0 Å². The first-order valence-corrected chi connectivity index (χ1v) is 7.12. The Morgan fingerprint density at radius 3 is 1.94 bits per heavy atom. The quantitative estimate of drug-likeness (QED) is 0.516. The third kappa shape index (κ3) is 13.9. The van der Waals surface area contributed by atoms with Crippen LogP contribution in [-0.4, -0.2) is 38.6 Å². The Kier molecular flexibility index (Phi) is 12.9. The van der Waals surface area contributed by atoms with Gasteiger partial charge < -0.3 is 10.2 Å². The van der Waals surface area contributed by atoms with Crippen LogP contribution in [0, 0.1) is 0 Å². The Labute approximate surface area is 103 Å². The second kappa shape index (κ2) is 13.0. The van der Waals surface area contributed by atoms with Crippen molar-refractivity contribution in [2.75, 3.05) is 33.7 Å². The summed E-state index contributed by atoms with van der Waals surface area (Å²) in [5.74, 6) is 0. The Hall–Kier alpha value is -0.0800. The summed E-state index contributed by atoms with van der Waals surface area (Å²) in [7, 11) is 4.29. The van der Waals surface area contributed by atoms with E-state index in [1.807, 2.05) is 0 Å². The van der Waals surface area contributed by atoms with Gasteiger partial charge in [-0.2, -0.15) is 0 Å². The van der Waals surface area contributed by atoms with Crippen LogP contribution in [0.3, 0.4) is 0 Å². The lowest BCUT2D eigenvalue weighted by molar-refractivity contribution is 0.391. The van der Waals surface area contributed by atoms with Crippen molar-refractivity contribution in [3.63, 3.8) is 0 Å². The summed E-state index contributed by atoms with van der Waals surface area (Å²) in [6.07, 6.45) is 11.0. The third-order valence-electron chi connectivity index (χ3n) is 2.92. The molecule has 1 N–H and O–H groups in total. The predicted octanol–water partition coefficient (Wildman–Crippen LogP) is 3.28. The molecule has 0 saturated heterocycles. The monoisotopic (exact) mass is 228 g/mol. The smallest absolute Gasteiger partial charge is 0.00244 e. The van der Waals surface area contributed by atoms with Crippen molar-refractivity contribution in [2.24, 2.45) is 0 Å². The maximum Gasteiger partial charge on any atom is -0.00244 e. The average molecular weight is 228 g/mol. The molecule has 0 saturated carbocycles. The second-order valence-electron chi connectivity index (χ2n) is 5.03. The molecule has 0 heterocycles. The van der Waals surface area contributed by atoms with Gasteiger partial charge in [-0.05, 0) is 53.0 Å². The van der Waals surface area contributed by atoms with E-state index in [0.29, 0.717) is 0 Å². The lowest BCUT2D eigenvalue weighted by Crippen LogP contribution is -2.19. The Morgan fingerprint density at radius 2 is 1.31 bits per heavy atom. The van der Waals surface area contributed by atoms with Crippen molar-refractivity contribution in [2.45, 2.75) is 58.3 Å². The van der Waals surface area contributed by atoms with Gasteiger partial charge in [-0.25, -0.2) is 0 Å². The number of nitrogens with one attached hydrogen (secondary N) is 1. The summed E-state index contributed by atoms with van der Waals surface area (Å²) in [6, 6.07) is 0. The van der Waals surface area contributed by atoms with Gasteiger partial charge in [-0.15, -0.1) is 0 Å². The first-order valence-electron chi connectivity index (χ1n) is 7.12. The summed E-state index contributed by atoms with van der Waals surface area (Å²) in [5.41, 5.74) is 0. The van der Waals surface area contributed by atoms with Crippen molar-refractivity contribution in [1.29, 1.82) is 0 Å². The summed E-state index contributed by atoms with van der Waals surface area (Å²) < 4.78 is 0. The molecular formula is C14H32N2. The molecule has 16 heavy (non-hydrogen) atoms. The minimum atomic E-state index is 1.20. The molecule has 0 radical (unpaired) electrons. The average Bonchev–Trinajstić information content (AvgIpc) is 2.25. The fraction of sp³-hybridized carbons (Fsp3) is 1.00. The normalized spacial score (nSPS) is 11.2. The van der Waals surface area contributed by atoms with Crippen molar-refractivity contribution in [3.8, 4) is 0 Å². The van der Waals surface area contributed by atoms with E-state index in [2.05, 4.69) is 31.2 Å². The molecule has 0 aromatic carbocycles. The number of rotatable bonds is 12. The van der Waals surface area contributed by atoms with Gasteiger partial charge in [0.25, 0.3) is 0 Å². The van der Waals surface area contributed by atoms with Crippen molar-refractivity contribution < 1.29 is 0 Å². The number of hydrogen-bond donors (Lipinski definition) is 1. The maximum atomic E-state index is 3.53. The molecule has 0 aliphatic carbocycles. The maximum absolute atomic E-state index is 3.53. The highest BCUT2D eigenvalue weighted by Crippen LogP contribution is 2.03. The van der Waals surface area contributed by atoms with Gasteiger partial charge >= 0.3 is 0 Å². The summed E-state index contributed by atoms with van der Waals surface area (Å²) in [6.45, 7) is 5.91. The van der Waals surface area contributed by atoms with Crippen molar-refractivity contribution in [1.82, 2.24) is 10.2 Å². The molecule has 98 valence electrons. The van der Waals surface area contributed by atoms with Crippen LogP contribution in [0.4, 0.5) is 0 Å². The highest BCUT2D eigenvalue weighted by Gasteiger charge is 1.92. The minimum Gasteiger partial charge on any atom is -0.317 e. The molecule has 0 spiro atoms. The third-order valence-corrected chi connectivity index (χ3v) is 2.92. The molecule has 0 aromatic heterocycles. The van der Waals surface area contributed by atoms with E-state index in [-0.39, 0.29) is 0 Å². The summed E-state index contributed by atoms with van der Waals surface area (Å²) >= 11 is 0. The van der Waals surface area contributed by atoms with E-state index in [1.54, 1.807) is 0 Å². The van der Waals surface area contributed by atoms with Crippen molar-refractivity contribution in [3.05, 3.63) is 0 Å². The van der Waals surface area contributed by atoms with Gasteiger partial charge in [-0.3, -0.25) is 0 Å². The molecule has 0 aliphatic rings. The molecule has 2 nitrogen and oxygen atoms in total. The zero-order valence-electron chi connectivity index (χ0n) is 11.7. The highest BCUT2D eigenvalue weighted by atomic mass is 15.0. The Morgan fingerprint density at radius 1 is 0.750 bits per heavy atom. The molecular weight excluding hydrogens is 196 g/mol. The molecule has 0 amide bonds. The summed E-state index contributed by atoms with van der Waals surface area (Å²) in [5, 5.41) is 3.53. The SMILES string of the molecule is CCCCCCCCNCCCCN(C)C. The number of unbranched alkanes of at least 4 members (excludes halogenated alkanes) is 6. The highest BCUT2D eigenvalue weighted by molar-refractivity contribution is 4.52. The van der Waals surface area contributed by atoms with Gasteiger partial charge in [-0.1, -0.05) is 39.0 Å². The van der Waals surface area contributed by atoms with E-state index in [0.717, 1.165) is 0 Å². The van der Waals surface area contributed by atoms with E-state index in [1.165, 1.54) is 71.0 Å². The van der Waals surface area contributed by atoms with Crippen LogP contribution in [-0.2, 0) is 0 Å². The van der Waals surface area contributed by atoms with E-state index in [9.17, 15) is 0 Å². The van der Waals surface area contributed by atoms with Gasteiger partial charge in [0, 0.05) is 0 Å². The molecule has 0 rings (SSSR count). The largest absolute Gasteiger partial charge is 0.317 e. The molecule has 2 heteroatoms. The Bertz CT molecular complexity index is 124. The zero-order chi connectivity index (χ0) is 12.1. The topological polar surface area (TPSA) is 15.3 Å². The van der Waals surface area contributed by atoms with Gasteiger partial charge in [0.15, 0.2) is 0 Å². The van der Waals surface area contributed by atoms with Crippen LogP contribution < -0.4 is 5.32 Å². The lowest BCUT2D eigenvalue weighted by Gasteiger charge is -2.09. The first-order chi connectivity index (χ1) is 7.77. The van der Waals surface area contributed by atoms with Crippen LogP contribution >= 0.6 is 0 Å². The molecule has 0 unspecified atom stereocenters. The predicted molar refractivity (Wildman–Crippen MR) is 74.0 cm³/mol. The molecule has 0 aromatic rings. The zero-order valence-corrected chi connectivity index (χ0v) is 11.7. The first kappa shape index (κ1) is 15.9. The fourth-order valence-corrected chi connectivity index (χ4v) is 1.83. The standard InChI is InChI=1S/C14H32N2/c1-4-5-6-7-8-9-12-15-13-10-11-14-16(2)3/h15H,4-14H2,1-3H3. The number of nitrogens with zero attached hydrogens (tertiary/aromatic N) is 1. The molecule has 0 fully saturated rings. The van der Waals surface area contributed by atoms with Crippen LogP contribution in [0.5, 0.6) is 0 Å². The minimum absolute atomic E-state index is 1.20. The van der Waals surface area contributed by atoms with Crippen molar-refractivity contribution >= 4 is 0 Å². The van der Waals surface area contributed by atoms with Crippen LogP contribution in [0.15, 0.2) is 0 Å². The lowest BCUT2D eigenvalue weighted by atomic mass is 10.1. The van der Waals surface area contributed by atoms with Gasteiger partial charge in [0.2, 0.25) is 0 Å². The van der Waals surface area contributed by atoms with E-state index >= 15 is 0 Å². The Balaban J connectivity index is 2.88. The second-order valence-corrected chi connectivity index (χ2v) is 5.03. The molecule has 0 atom stereocenters.